The standard InChI is InChI=1S/C12H11ClN4O2/c1-16-11(18)15-17(12(16)19)6-7-5-14-10-8(7)3-2-4-9(10)13/h2-5,14H,6H2,1H3,(H,15,18). The van der Waals surface area contributed by atoms with E-state index in [2.05, 4.69) is 10.1 Å². The van der Waals surface area contributed by atoms with Gasteiger partial charge in [0.05, 0.1) is 17.1 Å². The molecule has 2 N–H and O–H groups in total. The lowest BCUT2D eigenvalue weighted by Crippen LogP contribution is -2.26. The van der Waals surface area contributed by atoms with Crippen LogP contribution < -0.4 is 11.4 Å². The van der Waals surface area contributed by atoms with Crippen LogP contribution in [-0.4, -0.2) is 19.3 Å². The summed E-state index contributed by atoms with van der Waals surface area (Å²) in [6, 6.07) is 5.55. The quantitative estimate of drug-likeness (QED) is 0.735. The third-order valence-corrected chi connectivity index (χ3v) is 3.45. The second-order valence-electron chi connectivity index (χ2n) is 4.32. The maximum Gasteiger partial charge on any atom is 0.347 e. The molecular weight excluding hydrogens is 268 g/mol. The largest absolute Gasteiger partial charge is 0.360 e. The van der Waals surface area contributed by atoms with Crippen molar-refractivity contribution in [3.63, 3.8) is 0 Å². The van der Waals surface area contributed by atoms with Crippen LogP contribution in [0.4, 0.5) is 0 Å². The molecule has 0 unspecified atom stereocenters. The van der Waals surface area contributed by atoms with Gasteiger partial charge in [-0.15, -0.1) is 0 Å². The van der Waals surface area contributed by atoms with Crippen LogP contribution in [0, 0.1) is 0 Å². The van der Waals surface area contributed by atoms with E-state index in [9.17, 15) is 9.59 Å². The zero-order valence-corrected chi connectivity index (χ0v) is 10.9. The van der Waals surface area contributed by atoms with Crippen LogP contribution in [0.15, 0.2) is 34.0 Å². The molecule has 0 saturated heterocycles. The number of H-pyrrole nitrogens is 2. The highest BCUT2D eigenvalue weighted by Crippen LogP contribution is 2.25. The number of hydrogen-bond acceptors (Lipinski definition) is 2. The predicted octanol–water partition coefficient (Wildman–Crippen LogP) is 1.06. The Kier molecular flexibility index (Phi) is 2.60. The summed E-state index contributed by atoms with van der Waals surface area (Å²) in [6.45, 7) is 0.287. The minimum absolute atomic E-state index is 0.287. The molecule has 0 aliphatic rings. The van der Waals surface area contributed by atoms with Crippen LogP contribution in [0.25, 0.3) is 10.9 Å². The van der Waals surface area contributed by atoms with E-state index in [4.69, 9.17) is 11.6 Å². The first-order valence-electron chi connectivity index (χ1n) is 5.68. The number of para-hydroxylation sites is 1. The molecule has 2 heterocycles. The van der Waals surface area contributed by atoms with Gasteiger partial charge < -0.3 is 4.98 Å². The van der Waals surface area contributed by atoms with E-state index in [1.807, 2.05) is 12.1 Å². The number of aromatic amines is 2. The molecule has 0 amide bonds. The summed E-state index contributed by atoms with van der Waals surface area (Å²) in [5.74, 6) is 0. The minimum atomic E-state index is -0.428. The summed E-state index contributed by atoms with van der Waals surface area (Å²) in [7, 11) is 1.43. The van der Waals surface area contributed by atoms with Crippen LogP contribution >= 0.6 is 11.6 Å². The van der Waals surface area contributed by atoms with Gasteiger partial charge in [0.15, 0.2) is 0 Å². The molecule has 3 rings (SSSR count). The van der Waals surface area contributed by atoms with Crippen molar-refractivity contribution in [2.75, 3.05) is 0 Å². The number of nitrogens with one attached hydrogen (secondary N) is 2. The Morgan fingerprint density at radius 3 is 2.79 bits per heavy atom. The molecule has 0 bridgehead atoms. The van der Waals surface area contributed by atoms with Crippen molar-refractivity contribution >= 4 is 22.5 Å². The third-order valence-electron chi connectivity index (χ3n) is 3.13. The van der Waals surface area contributed by atoms with E-state index in [1.54, 1.807) is 12.3 Å². The van der Waals surface area contributed by atoms with E-state index in [0.717, 1.165) is 21.0 Å². The lowest BCUT2D eigenvalue weighted by Gasteiger charge is -1.99. The number of benzene rings is 1. The molecular formula is C12H11ClN4O2. The Morgan fingerprint density at radius 1 is 1.32 bits per heavy atom. The molecule has 0 aliphatic carbocycles. The molecule has 1 aromatic carbocycles. The van der Waals surface area contributed by atoms with Crippen LogP contribution in [0.3, 0.4) is 0 Å². The van der Waals surface area contributed by atoms with Gasteiger partial charge in [-0.1, -0.05) is 23.7 Å². The molecule has 0 aliphatic heterocycles. The van der Waals surface area contributed by atoms with Gasteiger partial charge in [0.1, 0.15) is 0 Å². The van der Waals surface area contributed by atoms with E-state index < -0.39 is 5.69 Å². The van der Waals surface area contributed by atoms with Crippen LogP contribution in [0.2, 0.25) is 5.02 Å². The fourth-order valence-corrected chi connectivity index (χ4v) is 2.32. The number of aromatic nitrogens is 4. The lowest BCUT2D eigenvalue weighted by atomic mass is 10.2. The second kappa shape index (κ2) is 4.17. The van der Waals surface area contributed by atoms with Crippen LogP contribution in [0.5, 0.6) is 0 Å². The van der Waals surface area contributed by atoms with Gasteiger partial charge in [0.2, 0.25) is 0 Å². The molecule has 6 nitrogen and oxygen atoms in total. The molecule has 3 aromatic rings. The fraction of sp³-hybridized carbons (Fsp3) is 0.167. The van der Waals surface area contributed by atoms with E-state index in [-0.39, 0.29) is 12.2 Å². The summed E-state index contributed by atoms with van der Waals surface area (Å²) in [5, 5.41) is 4.05. The van der Waals surface area contributed by atoms with E-state index in [0.29, 0.717) is 5.02 Å². The van der Waals surface area contributed by atoms with Gasteiger partial charge in [0.25, 0.3) is 0 Å². The van der Waals surface area contributed by atoms with Crippen LogP contribution in [-0.2, 0) is 13.6 Å². The molecule has 0 spiro atoms. The Morgan fingerprint density at radius 2 is 2.11 bits per heavy atom. The smallest absolute Gasteiger partial charge is 0.347 e. The first-order valence-corrected chi connectivity index (χ1v) is 6.06. The van der Waals surface area contributed by atoms with Gasteiger partial charge in [0, 0.05) is 18.6 Å². The average molecular weight is 279 g/mol. The molecule has 0 atom stereocenters. The van der Waals surface area contributed by atoms with Crippen molar-refractivity contribution in [3.8, 4) is 0 Å². The number of fused-ring (bicyclic) bond motifs is 1. The maximum atomic E-state index is 11.8. The van der Waals surface area contributed by atoms with E-state index in [1.165, 1.54) is 11.7 Å². The van der Waals surface area contributed by atoms with Crippen molar-refractivity contribution in [3.05, 3.63) is 56.0 Å². The molecule has 19 heavy (non-hydrogen) atoms. The number of nitrogens with zero attached hydrogens (tertiary/aromatic N) is 2. The highest BCUT2D eigenvalue weighted by Gasteiger charge is 2.10. The summed E-state index contributed by atoms with van der Waals surface area (Å²) in [4.78, 5) is 26.2. The Hall–Kier alpha value is -2.21. The van der Waals surface area contributed by atoms with Gasteiger partial charge in [-0.25, -0.2) is 23.9 Å². The summed E-state index contributed by atoms with van der Waals surface area (Å²) >= 11 is 6.07. The topological polar surface area (TPSA) is 75.6 Å². The van der Waals surface area contributed by atoms with Gasteiger partial charge >= 0.3 is 11.4 Å². The molecule has 0 radical (unpaired) electrons. The fourth-order valence-electron chi connectivity index (χ4n) is 2.09. The Bertz CT molecular complexity index is 868. The first kappa shape index (κ1) is 11.9. The molecule has 0 saturated carbocycles. The zero-order valence-electron chi connectivity index (χ0n) is 10.1. The van der Waals surface area contributed by atoms with Gasteiger partial charge in [-0.2, -0.15) is 0 Å². The molecule has 2 aromatic heterocycles. The van der Waals surface area contributed by atoms with Crippen molar-refractivity contribution in [2.45, 2.75) is 6.54 Å². The molecule has 0 fully saturated rings. The van der Waals surface area contributed by atoms with Gasteiger partial charge in [-0.05, 0) is 11.6 Å². The summed E-state index contributed by atoms with van der Waals surface area (Å²) in [5.41, 5.74) is 0.913. The number of hydrogen-bond donors (Lipinski definition) is 2. The maximum absolute atomic E-state index is 11.8. The Balaban J connectivity index is 2.11. The number of rotatable bonds is 2. The average Bonchev–Trinajstić information content (AvgIpc) is 2.90. The van der Waals surface area contributed by atoms with Crippen molar-refractivity contribution in [1.29, 1.82) is 0 Å². The highest BCUT2D eigenvalue weighted by atomic mass is 35.5. The van der Waals surface area contributed by atoms with Crippen molar-refractivity contribution in [1.82, 2.24) is 19.3 Å². The van der Waals surface area contributed by atoms with Crippen LogP contribution in [0.1, 0.15) is 5.56 Å². The number of halogens is 1. The Labute approximate surface area is 112 Å². The SMILES string of the molecule is Cn1c(=O)[nH]n(Cc2c[nH]c3c(Cl)cccc23)c1=O. The lowest BCUT2D eigenvalue weighted by molar-refractivity contribution is 0.648. The summed E-state index contributed by atoms with van der Waals surface area (Å²) in [6.07, 6.45) is 1.79. The van der Waals surface area contributed by atoms with Crippen molar-refractivity contribution in [2.24, 2.45) is 7.05 Å². The second-order valence-corrected chi connectivity index (χ2v) is 4.73. The predicted molar refractivity (Wildman–Crippen MR) is 72.7 cm³/mol. The molecule has 98 valence electrons. The first-order chi connectivity index (χ1) is 9.08. The summed E-state index contributed by atoms with van der Waals surface area (Å²) < 4.78 is 2.30. The van der Waals surface area contributed by atoms with E-state index >= 15 is 0 Å². The zero-order chi connectivity index (χ0) is 13.6. The highest BCUT2D eigenvalue weighted by molar-refractivity contribution is 6.35. The van der Waals surface area contributed by atoms with Gasteiger partial charge in [-0.3, -0.25) is 0 Å². The normalized spacial score (nSPS) is 11.3. The minimum Gasteiger partial charge on any atom is -0.360 e. The third kappa shape index (κ3) is 1.80. The molecule has 7 heteroatoms. The monoisotopic (exact) mass is 278 g/mol. The van der Waals surface area contributed by atoms with Crippen molar-refractivity contribution < 1.29 is 0 Å².